The second-order valence-corrected chi connectivity index (χ2v) is 19.0. The van der Waals surface area contributed by atoms with Crippen molar-refractivity contribution in [3.63, 3.8) is 0 Å². The number of aromatic nitrogens is 2. The van der Waals surface area contributed by atoms with Crippen molar-refractivity contribution >= 4 is 50.5 Å². The Labute approximate surface area is 355 Å². The van der Waals surface area contributed by atoms with Gasteiger partial charge in [0.15, 0.2) is 9.84 Å². The molecule has 2 amide bonds. The lowest BCUT2D eigenvalue weighted by Gasteiger charge is -2.44. The molecule has 1 N–H and O–H groups in total. The summed E-state index contributed by atoms with van der Waals surface area (Å²) in [5, 5.41) is 3.09. The minimum absolute atomic E-state index is 0.0323. The van der Waals surface area contributed by atoms with Crippen LogP contribution in [0.4, 0.5) is 35.3 Å². The average Bonchev–Trinajstić information content (AvgIpc) is 3.79. The van der Waals surface area contributed by atoms with Crippen LogP contribution >= 0.6 is 11.3 Å². The summed E-state index contributed by atoms with van der Waals surface area (Å²) in [5.74, 6) is -1.09. The van der Waals surface area contributed by atoms with Crippen LogP contribution in [0, 0.1) is 0 Å². The molecule has 61 heavy (non-hydrogen) atoms. The molecule has 12 nitrogen and oxygen atoms in total. The van der Waals surface area contributed by atoms with E-state index in [4.69, 9.17) is 9.47 Å². The van der Waals surface area contributed by atoms with E-state index >= 15 is 0 Å². The van der Waals surface area contributed by atoms with E-state index in [1.54, 1.807) is 4.90 Å². The monoisotopic (exact) mass is 872 g/mol. The summed E-state index contributed by atoms with van der Waals surface area (Å²) in [6.45, 7) is 7.77. The second kappa shape index (κ2) is 15.7. The van der Waals surface area contributed by atoms with E-state index in [2.05, 4.69) is 44.5 Å². The van der Waals surface area contributed by atoms with Crippen molar-refractivity contribution in [2.24, 2.45) is 0 Å². The van der Waals surface area contributed by atoms with Gasteiger partial charge in [0.2, 0.25) is 5.95 Å². The Morgan fingerprint density at radius 2 is 1.66 bits per heavy atom. The number of piperazine rings is 1. The highest BCUT2D eigenvalue weighted by Crippen LogP contribution is 2.45. The third-order valence-electron chi connectivity index (χ3n) is 12.0. The number of fused-ring (bicyclic) bond motifs is 4. The Kier molecular flexibility index (Phi) is 10.5. The topological polar surface area (TPSA) is 134 Å². The van der Waals surface area contributed by atoms with Crippen LogP contribution in [0.15, 0.2) is 83.9 Å². The Bertz CT molecular complexity index is 2590. The lowest BCUT2D eigenvalue weighted by molar-refractivity contribution is -0.137. The Morgan fingerprint density at radius 3 is 2.28 bits per heavy atom. The predicted molar refractivity (Wildman–Crippen MR) is 225 cm³/mol. The van der Waals surface area contributed by atoms with E-state index in [0.717, 1.165) is 39.6 Å². The van der Waals surface area contributed by atoms with Crippen molar-refractivity contribution in [2.75, 3.05) is 55.4 Å². The van der Waals surface area contributed by atoms with E-state index < -0.39 is 33.2 Å². The van der Waals surface area contributed by atoms with Crippen molar-refractivity contribution in [1.29, 1.82) is 0 Å². The number of hydrogen-bond acceptors (Lipinski definition) is 11. The molecule has 17 heteroatoms. The number of halogens is 3. The van der Waals surface area contributed by atoms with Crippen molar-refractivity contribution in [1.82, 2.24) is 19.8 Å². The quantitative estimate of drug-likeness (QED) is 0.164. The van der Waals surface area contributed by atoms with Crippen LogP contribution in [0.3, 0.4) is 0 Å². The third-order valence-corrected chi connectivity index (χ3v) is 15.0. The molecule has 2 fully saturated rings. The van der Waals surface area contributed by atoms with Gasteiger partial charge in [0.05, 0.1) is 52.6 Å². The molecule has 1 aliphatic carbocycles. The lowest BCUT2D eigenvalue weighted by atomic mass is 9.98. The minimum atomic E-state index is -4.87. The molecule has 4 aliphatic rings. The van der Waals surface area contributed by atoms with Crippen molar-refractivity contribution < 1.29 is 40.7 Å². The molecule has 0 saturated carbocycles. The van der Waals surface area contributed by atoms with Crippen LogP contribution < -0.4 is 10.2 Å². The van der Waals surface area contributed by atoms with Gasteiger partial charge >= 0.3 is 12.3 Å². The van der Waals surface area contributed by atoms with Gasteiger partial charge in [-0.2, -0.15) is 13.2 Å². The smallest absolute Gasteiger partial charge is 0.420 e. The van der Waals surface area contributed by atoms with Crippen LogP contribution in [-0.4, -0.2) is 104 Å². The SMILES string of the molecule is CCc1cc(N2C[C@@H](C)N(C(=O)OCC3c4ccccc4-c4ccccc43)[C@@H](C)C2)ccc1Nc1ncc(C(F)(F)F)c(-c2cc3c(s2)C(=O)N(C2COC2)CCS3(=O)=O)n1. The molecule has 0 spiro atoms. The van der Waals surface area contributed by atoms with E-state index in [9.17, 15) is 31.2 Å². The van der Waals surface area contributed by atoms with Gasteiger partial charge in [-0.1, -0.05) is 55.5 Å². The van der Waals surface area contributed by atoms with Gasteiger partial charge in [-0.3, -0.25) is 9.69 Å². The second-order valence-electron chi connectivity index (χ2n) is 15.9. The molecule has 3 aliphatic heterocycles. The summed E-state index contributed by atoms with van der Waals surface area (Å²) in [7, 11) is -3.98. The fourth-order valence-electron chi connectivity index (χ4n) is 8.89. The maximum absolute atomic E-state index is 14.4. The van der Waals surface area contributed by atoms with Crippen molar-refractivity contribution in [2.45, 2.75) is 62.3 Å². The zero-order valence-electron chi connectivity index (χ0n) is 33.6. The van der Waals surface area contributed by atoms with Gasteiger partial charge < -0.3 is 24.6 Å². The molecular weight excluding hydrogens is 830 g/mol. The highest BCUT2D eigenvalue weighted by molar-refractivity contribution is 7.91. The van der Waals surface area contributed by atoms with Crippen LogP contribution in [0.5, 0.6) is 0 Å². The zero-order chi connectivity index (χ0) is 42.8. The van der Waals surface area contributed by atoms with E-state index in [-0.39, 0.29) is 82.9 Å². The highest BCUT2D eigenvalue weighted by Gasteiger charge is 2.42. The number of benzene rings is 3. The molecule has 5 aromatic rings. The van der Waals surface area contributed by atoms with E-state index in [1.165, 1.54) is 4.90 Å². The summed E-state index contributed by atoms with van der Waals surface area (Å²) in [6.07, 6.45) is -3.99. The van der Waals surface area contributed by atoms with Crippen LogP contribution in [0.25, 0.3) is 21.7 Å². The van der Waals surface area contributed by atoms with E-state index in [0.29, 0.717) is 42.7 Å². The Hall–Kier alpha value is -5.52. The molecule has 0 radical (unpaired) electrons. The maximum Gasteiger partial charge on any atom is 0.420 e. The standard InChI is InChI=1S/C44H43F3N6O6S2/c1-4-27-17-28(51-20-25(2)53(26(3)21-51)43(55)59-24-34-32-11-7-5-9-30(32)31-10-6-8-12-33(31)34)13-14-36(27)49-42-48-19-35(44(45,46)47)39(50-42)37-18-38-40(60-37)41(54)52(29-22-58-23-29)15-16-61(38,56)57/h5-14,17-19,25-26,29,34H,4,15-16,20-24H2,1-3H3,(H,48,49,50)/t25-,26+. The fourth-order valence-corrected chi connectivity index (χ4v) is 11.8. The number of nitrogens with zero attached hydrogens (tertiary/aromatic N) is 5. The van der Waals surface area contributed by atoms with Gasteiger partial charge in [-0.25, -0.2) is 23.2 Å². The number of amides is 2. The molecule has 2 atom stereocenters. The number of sulfone groups is 1. The van der Waals surface area contributed by atoms with Crippen molar-refractivity contribution in [3.05, 3.63) is 106 Å². The number of anilines is 3. The first-order valence-electron chi connectivity index (χ1n) is 20.2. The third kappa shape index (κ3) is 7.50. The molecule has 0 bridgehead atoms. The molecule has 5 heterocycles. The van der Waals surface area contributed by atoms with Gasteiger partial charge in [0, 0.05) is 43.1 Å². The Morgan fingerprint density at radius 1 is 0.984 bits per heavy atom. The van der Waals surface area contributed by atoms with Crippen LogP contribution in [-0.2, 0) is 31.9 Å². The normalized spacial score (nSPS) is 20.1. The first-order chi connectivity index (χ1) is 29.2. The summed E-state index contributed by atoms with van der Waals surface area (Å²) in [6, 6.07) is 22.6. The average molecular weight is 873 g/mol. The molecule has 9 rings (SSSR count). The summed E-state index contributed by atoms with van der Waals surface area (Å²) in [5.41, 5.74) is 5.27. The van der Waals surface area contributed by atoms with Gasteiger partial charge in [-0.05, 0) is 72.4 Å². The number of carbonyl (C=O) groups excluding carboxylic acids is 2. The molecule has 2 saturated heterocycles. The molecule has 318 valence electrons. The molecule has 3 aromatic carbocycles. The van der Waals surface area contributed by atoms with Gasteiger partial charge in [0.25, 0.3) is 5.91 Å². The lowest BCUT2D eigenvalue weighted by Crippen LogP contribution is -2.59. The number of carbonyl (C=O) groups is 2. The molecule has 2 aromatic heterocycles. The summed E-state index contributed by atoms with van der Waals surface area (Å²) >= 11 is 0.677. The molecule has 0 unspecified atom stereocenters. The minimum Gasteiger partial charge on any atom is -0.448 e. The zero-order valence-corrected chi connectivity index (χ0v) is 35.2. The number of thiophene rings is 1. The van der Waals surface area contributed by atoms with Gasteiger partial charge in [0.1, 0.15) is 17.0 Å². The van der Waals surface area contributed by atoms with Crippen molar-refractivity contribution in [3.8, 4) is 21.7 Å². The first kappa shape index (κ1) is 40.9. The summed E-state index contributed by atoms with van der Waals surface area (Å²) in [4.78, 5) is 40.4. The molecular formula is C44H43F3N6O6S2. The predicted octanol–water partition coefficient (Wildman–Crippen LogP) is 8.01. The number of alkyl halides is 3. The largest absolute Gasteiger partial charge is 0.448 e. The highest BCUT2D eigenvalue weighted by atomic mass is 32.2. The number of ether oxygens (including phenoxy) is 2. The van der Waals surface area contributed by atoms with Crippen LogP contribution in [0.1, 0.15) is 58.6 Å². The summed E-state index contributed by atoms with van der Waals surface area (Å²) < 4.78 is 81.1. The van der Waals surface area contributed by atoms with Gasteiger partial charge in [-0.15, -0.1) is 11.3 Å². The number of aryl methyl sites for hydroxylation is 1. The fraction of sp³-hybridized carbons (Fsp3) is 0.364. The maximum atomic E-state index is 14.4. The van der Waals surface area contributed by atoms with E-state index in [1.807, 2.05) is 63.2 Å². The first-order valence-corrected chi connectivity index (χ1v) is 22.7. The number of nitrogens with one attached hydrogen (secondary N) is 1. The number of rotatable bonds is 8. The van der Waals surface area contributed by atoms with Crippen LogP contribution in [0.2, 0.25) is 0 Å². The number of hydrogen-bond donors (Lipinski definition) is 1. The Balaban J connectivity index is 0.916.